The van der Waals surface area contributed by atoms with E-state index in [9.17, 15) is 40.8 Å². The van der Waals surface area contributed by atoms with Crippen molar-refractivity contribution in [2.24, 2.45) is 0 Å². The van der Waals surface area contributed by atoms with Crippen LogP contribution in [0.2, 0.25) is 0 Å². The van der Waals surface area contributed by atoms with Crippen LogP contribution in [-0.4, -0.2) is 23.8 Å². The van der Waals surface area contributed by atoms with Gasteiger partial charge in [0.2, 0.25) is 0 Å². The highest BCUT2D eigenvalue weighted by Crippen LogP contribution is 2.35. The fraction of sp³-hybridized carbons (Fsp3) is 0.250. The molecule has 192 valence electrons. The largest absolute Gasteiger partial charge is 0.573 e. The zero-order valence-electron chi connectivity index (χ0n) is 18.3. The van der Waals surface area contributed by atoms with Gasteiger partial charge < -0.3 is 9.47 Å². The maximum absolute atomic E-state index is 13.2. The van der Waals surface area contributed by atoms with Crippen LogP contribution < -0.4 is 9.47 Å². The number of halogens is 7. The second-order valence-corrected chi connectivity index (χ2v) is 7.60. The summed E-state index contributed by atoms with van der Waals surface area (Å²) in [5, 5.41) is 11.6. The summed E-state index contributed by atoms with van der Waals surface area (Å²) in [7, 11) is 0. The quantitative estimate of drug-likeness (QED) is 0.158. The predicted molar refractivity (Wildman–Crippen MR) is 115 cm³/mol. The number of hydrogen-bond acceptors (Lipinski definition) is 4. The number of ether oxygens (including phenoxy) is 2. The number of benzene rings is 3. The number of alkyl halides is 7. The molecule has 36 heavy (non-hydrogen) atoms. The topological polar surface area (TPSA) is 61.6 Å². The lowest BCUT2D eigenvalue weighted by Gasteiger charge is -2.17. The molecule has 0 fully saturated rings. The van der Waals surface area contributed by atoms with E-state index in [0.717, 1.165) is 24.3 Å². The Morgan fingerprint density at radius 3 is 2.11 bits per heavy atom. The molecule has 0 heterocycles. The summed E-state index contributed by atoms with van der Waals surface area (Å²) in [6.45, 7) is 0. The Balaban J connectivity index is 1.82. The normalized spacial score (nSPS) is 12.0. The molecule has 0 saturated carbocycles. The SMILES string of the molecule is O=[N+]([O-])c1cccc(-c2cccc(OC(F)(F)F)c2)c1CCCc1cccc(OC(F)(F)C(F)F)c1. The van der Waals surface area contributed by atoms with E-state index in [2.05, 4.69) is 9.47 Å². The summed E-state index contributed by atoms with van der Waals surface area (Å²) < 4.78 is 97.0. The Kier molecular flexibility index (Phi) is 8.06. The highest BCUT2D eigenvalue weighted by molar-refractivity contribution is 5.72. The monoisotopic (exact) mass is 517 g/mol. The molecule has 0 bridgehead atoms. The van der Waals surface area contributed by atoms with E-state index < -0.39 is 35.3 Å². The predicted octanol–water partition coefficient (Wildman–Crippen LogP) is 7.57. The molecule has 0 aliphatic heterocycles. The summed E-state index contributed by atoms with van der Waals surface area (Å²) in [5.41, 5.74) is 1.05. The van der Waals surface area contributed by atoms with Crippen molar-refractivity contribution in [3.63, 3.8) is 0 Å². The van der Waals surface area contributed by atoms with Crippen molar-refractivity contribution in [3.8, 4) is 22.6 Å². The van der Waals surface area contributed by atoms with E-state index in [-0.39, 0.29) is 36.1 Å². The minimum atomic E-state index is -4.92. The van der Waals surface area contributed by atoms with E-state index in [0.29, 0.717) is 11.1 Å². The van der Waals surface area contributed by atoms with Gasteiger partial charge in [0.15, 0.2) is 0 Å². The van der Waals surface area contributed by atoms with Gasteiger partial charge in [-0.1, -0.05) is 36.4 Å². The second-order valence-electron chi connectivity index (χ2n) is 7.60. The zero-order valence-corrected chi connectivity index (χ0v) is 18.3. The lowest BCUT2D eigenvalue weighted by Crippen LogP contribution is -2.33. The van der Waals surface area contributed by atoms with Crippen LogP contribution in [0.15, 0.2) is 66.7 Å². The van der Waals surface area contributed by atoms with Crippen LogP contribution in [0.3, 0.4) is 0 Å². The zero-order chi connectivity index (χ0) is 26.5. The van der Waals surface area contributed by atoms with E-state index in [1.54, 1.807) is 6.07 Å². The van der Waals surface area contributed by atoms with Crippen molar-refractivity contribution < 1.29 is 45.1 Å². The molecule has 0 aromatic heterocycles. The van der Waals surface area contributed by atoms with Gasteiger partial charge in [-0.25, -0.2) is 0 Å². The summed E-state index contributed by atoms with van der Waals surface area (Å²) >= 11 is 0. The fourth-order valence-electron chi connectivity index (χ4n) is 3.58. The highest BCUT2D eigenvalue weighted by Gasteiger charge is 2.44. The summed E-state index contributed by atoms with van der Waals surface area (Å²) in [4.78, 5) is 11.0. The van der Waals surface area contributed by atoms with Crippen LogP contribution >= 0.6 is 0 Å². The fourth-order valence-corrected chi connectivity index (χ4v) is 3.58. The molecule has 3 aromatic rings. The van der Waals surface area contributed by atoms with Gasteiger partial charge in [0.1, 0.15) is 11.5 Å². The first-order valence-electron chi connectivity index (χ1n) is 10.4. The Bertz CT molecular complexity index is 1220. The van der Waals surface area contributed by atoms with Crippen molar-refractivity contribution >= 4 is 5.69 Å². The number of hydrogen-bond donors (Lipinski definition) is 0. The number of nitrogens with zero attached hydrogens (tertiary/aromatic N) is 1. The molecule has 0 aliphatic rings. The van der Waals surface area contributed by atoms with Gasteiger partial charge in [0.25, 0.3) is 5.69 Å². The molecule has 0 aliphatic carbocycles. The molecule has 0 N–H and O–H groups in total. The molecule has 0 saturated heterocycles. The maximum Gasteiger partial charge on any atom is 0.573 e. The second kappa shape index (κ2) is 10.8. The van der Waals surface area contributed by atoms with Crippen LogP contribution in [0.25, 0.3) is 11.1 Å². The number of aryl methyl sites for hydroxylation is 1. The molecular formula is C24H18F7NO4. The molecular weight excluding hydrogens is 499 g/mol. The number of rotatable bonds is 10. The van der Waals surface area contributed by atoms with Crippen LogP contribution in [0.5, 0.6) is 11.5 Å². The van der Waals surface area contributed by atoms with Crippen molar-refractivity contribution in [2.75, 3.05) is 0 Å². The average Bonchev–Trinajstić information content (AvgIpc) is 2.78. The molecule has 0 unspecified atom stereocenters. The van der Waals surface area contributed by atoms with Gasteiger partial charge in [0, 0.05) is 11.6 Å². The summed E-state index contributed by atoms with van der Waals surface area (Å²) in [6.07, 6.45) is -13.0. The van der Waals surface area contributed by atoms with Gasteiger partial charge in [-0.2, -0.15) is 17.6 Å². The third kappa shape index (κ3) is 7.09. The van der Waals surface area contributed by atoms with Crippen molar-refractivity contribution in [2.45, 2.75) is 38.2 Å². The number of nitro groups is 1. The number of nitro benzene ring substituents is 1. The smallest absolute Gasteiger partial charge is 0.428 e. The van der Waals surface area contributed by atoms with Crippen molar-refractivity contribution in [1.29, 1.82) is 0 Å². The van der Waals surface area contributed by atoms with E-state index in [1.807, 2.05) is 0 Å². The van der Waals surface area contributed by atoms with Gasteiger partial charge in [-0.05, 0) is 60.2 Å². The van der Waals surface area contributed by atoms with Crippen LogP contribution in [0.1, 0.15) is 17.5 Å². The third-order valence-electron chi connectivity index (χ3n) is 5.03. The summed E-state index contributed by atoms with van der Waals surface area (Å²) in [5.74, 6) is -0.958. The maximum atomic E-state index is 13.2. The first-order chi connectivity index (χ1) is 16.9. The van der Waals surface area contributed by atoms with E-state index in [1.165, 1.54) is 36.4 Å². The van der Waals surface area contributed by atoms with Gasteiger partial charge in [-0.3, -0.25) is 10.1 Å². The minimum Gasteiger partial charge on any atom is -0.428 e. The standard InChI is InChI=1S/C24H18F7NO4/c25-22(26)23(27,28)35-17-8-1-5-15(13-17)6-2-11-20-19(10-4-12-21(20)32(33)34)16-7-3-9-18(14-16)36-24(29,30)31/h1,3-5,7-10,12-14,22H,2,6,11H2. The van der Waals surface area contributed by atoms with Gasteiger partial charge in [0.05, 0.1) is 4.92 Å². The van der Waals surface area contributed by atoms with Gasteiger partial charge in [-0.15, -0.1) is 13.2 Å². The highest BCUT2D eigenvalue weighted by atomic mass is 19.4. The molecule has 3 aromatic carbocycles. The summed E-state index contributed by atoms with van der Waals surface area (Å²) in [6, 6.07) is 14.3. The van der Waals surface area contributed by atoms with Crippen molar-refractivity contribution in [3.05, 3.63) is 88.0 Å². The molecule has 0 radical (unpaired) electrons. The van der Waals surface area contributed by atoms with Crippen LogP contribution in [-0.2, 0) is 12.8 Å². The molecule has 0 atom stereocenters. The molecule has 5 nitrogen and oxygen atoms in total. The van der Waals surface area contributed by atoms with Crippen LogP contribution in [0, 0.1) is 10.1 Å². The van der Waals surface area contributed by atoms with Crippen LogP contribution in [0.4, 0.5) is 36.4 Å². The lowest BCUT2D eigenvalue weighted by molar-refractivity contribution is -0.385. The molecule has 0 spiro atoms. The Hall–Kier alpha value is -3.83. The molecule has 3 rings (SSSR count). The first-order valence-corrected chi connectivity index (χ1v) is 10.4. The van der Waals surface area contributed by atoms with Gasteiger partial charge >= 0.3 is 18.9 Å². The van der Waals surface area contributed by atoms with E-state index in [4.69, 9.17) is 0 Å². The molecule has 0 amide bonds. The first kappa shape index (κ1) is 26.8. The average molecular weight is 517 g/mol. The minimum absolute atomic E-state index is 0.106. The lowest BCUT2D eigenvalue weighted by atomic mass is 9.93. The molecule has 12 heteroatoms. The van der Waals surface area contributed by atoms with Crippen molar-refractivity contribution in [1.82, 2.24) is 0 Å². The third-order valence-corrected chi connectivity index (χ3v) is 5.03. The Morgan fingerprint density at radius 2 is 1.47 bits per heavy atom. The Morgan fingerprint density at radius 1 is 0.833 bits per heavy atom. The Labute approximate surface area is 200 Å². The van der Waals surface area contributed by atoms with E-state index >= 15 is 0 Å².